The zero-order valence-electron chi connectivity index (χ0n) is 16.0. The Bertz CT molecular complexity index is 816. The Morgan fingerprint density at radius 2 is 1.74 bits per heavy atom. The van der Waals surface area contributed by atoms with E-state index in [4.69, 9.17) is 4.74 Å². The molecule has 1 fully saturated rings. The number of carbonyl (C=O) groups excluding carboxylic acids is 1. The fourth-order valence-corrected chi connectivity index (χ4v) is 3.38. The van der Waals surface area contributed by atoms with Gasteiger partial charge in [-0.1, -0.05) is 18.8 Å². The number of likely N-dealkylation sites (tertiary alicyclic amines) is 1. The van der Waals surface area contributed by atoms with Crippen LogP contribution in [0.2, 0.25) is 0 Å². The van der Waals surface area contributed by atoms with Crippen molar-refractivity contribution in [3.05, 3.63) is 65.2 Å². The lowest BCUT2D eigenvalue weighted by atomic mass is 10.1. The van der Waals surface area contributed by atoms with E-state index < -0.39 is 0 Å². The number of rotatable bonds is 5. The summed E-state index contributed by atoms with van der Waals surface area (Å²) in [6.45, 7) is 5.07. The molecule has 0 aliphatic carbocycles. The molecule has 2 aromatic carbocycles. The van der Waals surface area contributed by atoms with Gasteiger partial charge in [-0.25, -0.2) is 0 Å². The van der Waals surface area contributed by atoms with E-state index in [9.17, 15) is 4.79 Å². The molecule has 4 nitrogen and oxygen atoms in total. The van der Waals surface area contributed by atoms with Gasteiger partial charge in [0.2, 0.25) is 0 Å². The first-order chi connectivity index (χ1) is 13.2. The van der Waals surface area contributed by atoms with Crippen molar-refractivity contribution in [2.45, 2.75) is 25.8 Å². The van der Waals surface area contributed by atoms with Crippen molar-refractivity contribution in [3.63, 3.8) is 0 Å². The van der Waals surface area contributed by atoms with Crippen LogP contribution in [0.3, 0.4) is 0 Å². The monoisotopic (exact) mass is 362 g/mol. The highest BCUT2D eigenvalue weighted by Gasteiger charge is 2.23. The summed E-state index contributed by atoms with van der Waals surface area (Å²) in [6, 6.07) is 15.5. The molecule has 0 saturated carbocycles. The number of likely N-dealkylation sites (N-methyl/N-ethyl adjacent to an activating group) is 1. The summed E-state index contributed by atoms with van der Waals surface area (Å²) < 4.78 is 5.14. The normalized spacial score (nSPS) is 16.4. The Morgan fingerprint density at radius 1 is 1.11 bits per heavy atom. The van der Waals surface area contributed by atoms with Crippen LogP contribution in [0, 0.1) is 11.8 Å². The molecule has 0 bridgehead atoms. The van der Waals surface area contributed by atoms with Gasteiger partial charge in [-0.2, -0.15) is 0 Å². The molecule has 1 N–H and O–H groups in total. The van der Waals surface area contributed by atoms with Gasteiger partial charge in [-0.15, -0.1) is 0 Å². The van der Waals surface area contributed by atoms with E-state index in [0.717, 1.165) is 36.4 Å². The summed E-state index contributed by atoms with van der Waals surface area (Å²) in [5, 5.41) is 3.06. The Hall–Kier alpha value is -2.77. The summed E-state index contributed by atoms with van der Waals surface area (Å²) in [5.74, 6) is 7.04. The second kappa shape index (κ2) is 9.25. The minimum atomic E-state index is -0.0207. The third-order valence-corrected chi connectivity index (χ3v) is 4.99. The molecule has 0 aromatic heterocycles. The largest absolute Gasteiger partial charge is 0.497 e. The van der Waals surface area contributed by atoms with Crippen LogP contribution in [-0.2, 0) is 0 Å². The number of hydrogen-bond acceptors (Lipinski definition) is 3. The minimum Gasteiger partial charge on any atom is -0.497 e. The third-order valence-electron chi connectivity index (χ3n) is 4.99. The van der Waals surface area contributed by atoms with E-state index >= 15 is 0 Å². The number of nitrogens with one attached hydrogen (secondary N) is 1. The Morgan fingerprint density at radius 3 is 2.33 bits per heavy atom. The van der Waals surface area contributed by atoms with Crippen molar-refractivity contribution in [1.82, 2.24) is 10.2 Å². The zero-order chi connectivity index (χ0) is 19.1. The molecular weight excluding hydrogens is 336 g/mol. The van der Waals surface area contributed by atoms with E-state index in [-0.39, 0.29) is 5.91 Å². The van der Waals surface area contributed by atoms with Gasteiger partial charge in [-0.05, 0) is 74.5 Å². The van der Waals surface area contributed by atoms with E-state index in [0.29, 0.717) is 18.2 Å². The summed E-state index contributed by atoms with van der Waals surface area (Å²) >= 11 is 0. The zero-order valence-corrected chi connectivity index (χ0v) is 16.0. The first-order valence-electron chi connectivity index (χ1n) is 9.48. The number of nitrogens with zero attached hydrogens (tertiary/aromatic N) is 1. The number of methoxy groups -OCH3 is 1. The van der Waals surface area contributed by atoms with Gasteiger partial charge in [0.1, 0.15) is 5.75 Å². The van der Waals surface area contributed by atoms with Crippen LogP contribution >= 0.6 is 0 Å². The molecule has 0 radical (unpaired) electrons. The number of carbonyl (C=O) groups is 1. The SMILES string of the molecule is CCN1CCC[C@H]1CNC(=O)c1ccc(C#Cc2ccc(OC)cc2)cc1. The third kappa shape index (κ3) is 5.12. The van der Waals surface area contributed by atoms with Gasteiger partial charge in [0.15, 0.2) is 0 Å². The van der Waals surface area contributed by atoms with E-state index in [1.807, 2.05) is 48.5 Å². The quantitative estimate of drug-likeness (QED) is 0.830. The molecule has 140 valence electrons. The first-order valence-corrected chi connectivity index (χ1v) is 9.48. The predicted molar refractivity (Wildman–Crippen MR) is 108 cm³/mol. The van der Waals surface area contributed by atoms with Crippen LogP contribution in [0.4, 0.5) is 0 Å². The van der Waals surface area contributed by atoms with Crippen LogP contribution in [0.1, 0.15) is 41.3 Å². The molecule has 0 unspecified atom stereocenters. The summed E-state index contributed by atoms with van der Waals surface area (Å²) in [6.07, 6.45) is 2.38. The summed E-state index contributed by atoms with van der Waals surface area (Å²) in [4.78, 5) is 14.8. The molecule has 27 heavy (non-hydrogen) atoms. The van der Waals surface area contributed by atoms with Crippen molar-refractivity contribution >= 4 is 5.91 Å². The van der Waals surface area contributed by atoms with E-state index in [1.165, 1.54) is 6.42 Å². The Balaban J connectivity index is 1.56. The standard InChI is InChI=1S/C23H26N2O2/c1-3-25-16-4-5-21(25)17-24-23(26)20-12-8-18(9-13-20)6-7-19-10-14-22(27-2)15-11-19/h8-15,21H,3-5,16-17H2,1-2H3,(H,24,26)/t21-/m0/s1. The summed E-state index contributed by atoms with van der Waals surface area (Å²) in [7, 11) is 1.64. The Kier molecular flexibility index (Phi) is 6.51. The van der Waals surface area contributed by atoms with Crippen LogP contribution in [-0.4, -0.2) is 43.6 Å². The summed E-state index contributed by atoms with van der Waals surface area (Å²) in [5.41, 5.74) is 2.48. The molecule has 1 amide bonds. The van der Waals surface area contributed by atoms with Crippen LogP contribution in [0.15, 0.2) is 48.5 Å². The molecular formula is C23H26N2O2. The first kappa shape index (κ1) is 19.0. The fraction of sp³-hybridized carbons (Fsp3) is 0.348. The lowest BCUT2D eigenvalue weighted by Gasteiger charge is -2.22. The molecule has 4 heteroatoms. The smallest absolute Gasteiger partial charge is 0.251 e. The van der Waals surface area contributed by atoms with Crippen LogP contribution in [0.25, 0.3) is 0 Å². The van der Waals surface area contributed by atoms with Crippen LogP contribution < -0.4 is 10.1 Å². The average molecular weight is 362 g/mol. The molecule has 1 aliphatic heterocycles. The maximum absolute atomic E-state index is 12.4. The average Bonchev–Trinajstić information content (AvgIpc) is 3.19. The van der Waals surface area contributed by atoms with Crippen molar-refractivity contribution < 1.29 is 9.53 Å². The second-order valence-corrected chi connectivity index (χ2v) is 6.69. The van der Waals surface area contributed by atoms with Crippen molar-refractivity contribution in [2.75, 3.05) is 26.7 Å². The maximum atomic E-state index is 12.4. The molecule has 0 spiro atoms. The molecule has 1 saturated heterocycles. The minimum absolute atomic E-state index is 0.0207. The van der Waals surface area contributed by atoms with Gasteiger partial charge < -0.3 is 10.1 Å². The lowest BCUT2D eigenvalue weighted by Crippen LogP contribution is -2.40. The fourth-order valence-electron chi connectivity index (χ4n) is 3.38. The van der Waals surface area contributed by atoms with Gasteiger partial charge in [0.05, 0.1) is 7.11 Å². The van der Waals surface area contributed by atoms with Crippen LogP contribution in [0.5, 0.6) is 5.75 Å². The topological polar surface area (TPSA) is 41.6 Å². The van der Waals surface area contributed by atoms with E-state index in [2.05, 4.69) is 29.0 Å². The number of ether oxygens (including phenoxy) is 1. The lowest BCUT2D eigenvalue weighted by molar-refractivity contribution is 0.0941. The molecule has 1 aliphatic rings. The van der Waals surface area contributed by atoms with Crippen molar-refractivity contribution in [2.24, 2.45) is 0 Å². The Labute approximate surface area is 161 Å². The number of amides is 1. The molecule has 3 rings (SSSR count). The number of hydrogen-bond donors (Lipinski definition) is 1. The molecule has 2 aromatic rings. The van der Waals surface area contributed by atoms with Gasteiger partial charge in [0.25, 0.3) is 5.91 Å². The van der Waals surface area contributed by atoms with Crippen molar-refractivity contribution in [3.8, 4) is 17.6 Å². The second-order valence-electron chi connectivity index (χ2n) is 6.69. The highest BCUT2D eigenvalue weighted by atomic mass is 16.5. The maximum Gasteiger partial charge on any atom is 0.251 e. The van der Waals surface area contributed by atoms with Gasteiger partial charge in [0, 0.05) is 29.3 Å². The highest BCUT2D eigenvalue weighted by Crippen LogP contribution is 2.16. The van der Waals surface area contributed by atoms with Crippen molar-refractivity contribution in [1.29, 1.82) is 0 Å². The molecule has 1 heterocycles. The van der Waals surface area contributed by atoms with Gasteiger partial charge >= 0.3 is 0 Å². The highest BCUT2D eigenvalue weighted by molar-refractivity contribution is 5.94. The molecule has 1 atom stereocenters. The predicted octanol–water partition coefficient (Wildman–Crippen LogP) is 3.31. The van der Waals surface area contributed by atoms with E-state index in [1.54, 1.807) is 7.11 Å². The number of benzene rings is 2. The van der Waals surface area contributed by atoms with Gasteiger partial charge in [-0.3, -0.25) is 9.69 Å².